The van der Waals surface area contributed by atoms with E-state index >= 15 is 0 Å². The van der Waals surface area contributed by atoms with Crippen molar-refractivity contribution in [1.82, 2.24) is 10.4 Å². The molecular formula is C16H15Cl2N3O2. The smallest absolute Gasteiger partial charge is 0.280 e. The number of nitrogens with one attached hydrogen (secondary N) is 1. The van der Waals surface area contributed by atoms with E-state index in [0.717, 1.165) is 5.56 Å². The number of halogens is 2. The van der Waals surface area contributed by atoms with E-state index in [0.29, 0.717) is 21.5 Å². The van der Waals surface area contributed by atoms with Gasteiger partial charge >= 0.3 is 0 Å². The van der Waals surface area contributed by atoms with Crippen molar-refractivity contribution < 1.29 is 9.53 Å². The quantitative estimate of drug-likeness (QED) is 0.659. The number of aromatic nitrogens is 1. The van der Waals surface area contributed by atoms with Crippen molar-refractivity contribution in [3.8, 4) is 5.75 Å². The Bertz CT molecular complexity index is 721. The molecule has 2 rings (SSSR count). The lowest BCUT2D eigenvalue weighted by Crippen LogP contribution is -2.34. The highest BCUT2D eigenvalue weighted by molar-refractivity contribution is 6.35. The summed E-state index contributed by atoms with van der Waals surface area (Å²) in [5.74, 6) is -0.00839. The maximum atomic E-state index is 12.0. The number of hydrogen-bond donors (Lipinski definition) is 1. The Labute approximate surface area is 144 Å². The van der Waals surface area contributed by atoms with Crippen LogP contribution in [0.5, 0.6) is 5.75 Å². The van der Waals surface area contributed by atoms with E-state index in [2.05, 4.69) is 15.5 Å². The minimum atomic E-state index is -0.765. The monoisotopic (exact) mass is 351 g/mol. The summed E-state index contributed by atoms with van der Waals surface area (Å²) < 4.78 is 5.52. The van der Waals surface area contributed by atoms with Crippen LogP contribution in [0, 0.1) is 0 Å². The van der Waals surface area contributed by atoms with Crippen LogP contribution in [-0.4, -0.2) is 22.7 Å². The Hall–Kier alpha value is -2.11. The number of carbonyl (C=O) groups excluding carboxylic acids is 1. The lowest BCUT2D eigenvalue weighted by molar-refractivity contribution is -0.127. The maximum absolute atomic E-state index is 12.0. The molecule has 0 saturated heterocycles. The van der Waals surface area contributed by atoms with Gasteiger partial charge in [0.25, 0.3) is 5.91 Å². The van der Waals surface area contributed by atoms with E-state index in [1.54, 1.807) is 50.5 Å². The van der Waals surface area contributed by atoms with Crippen LogP contribution in [0.15, 0.2) is 47.8 Å². The molecule has 0 fully saturated rings. The van der Waals surface area contributed by atoms with Crippen LogP contribution in [-0.2, 0) is 4.79 Å². The molecule has 0 bridgehead atoms. The van der Waals surface area contributed by atoms with Gasteiger partial charge in [-0.15, -0.1) is 0 Å². The Morgan fingerprint density at radius 3 is 2.78 bits per heavy atom. The Morgan fingerprint density at radius 2 is 2.13 bits per heavy atom. The molecule has 1 aromatic heterocycles. The number of pyridine rings is 1. The first-order chi connectivity index (χ1) is 11.0. The number of benzene rings is 1. The summed E-state index contributed by atoms with van der Waals surface area (Å²) in [4.78, 5) is 16.0. The molecule has 2 aromatic rings. The molecule has 0 saturated carbocycles. The predicted molar refractivity (Wildman–Crippen MR) is 91.1 cm³/mol. The summed E-state index contributed by atoms with van der Waals surface area (Å²) in [7, 11) is 0. The van der Waals surface area contributed by atoms with Gasteiger partial charge in [-0.25, -0.2) is 5.43 Å². The lowest BCUT2D eigenvalue weighted by Gasteiger charge is -2.14. The largest absolute Gasteiger partial charge is 0.479 e. The molecule has 0 aliphatic rings. The molecule has 0 aliphatic carbocycles. The van der Waals surface area contributed by atoms with E-state index in [1.165, 1.54) is 0 Å². The first-order valence-electron chi connectivity index (χ1n) is 6.83. The standard InChI is InChI=1S/C16H15Cl2N3O2/c1-10(12-4-3-7-19-9-12)20-21-16(22)11(2)23-15-6-5-13(17)8-14(15)18/h3-9,11H,1-2H3,(H,21,22)/b20-10-/t11-/m1/s1. The molecular weight excluding hydrogens is 337 g/mol. The molecule has 120 valence electrons. The summed E-state index contributed by atoms with van der Waals surface area (Å²) in [5.41, 5.74) is 3.92. The van der Waals surface area contributed by atoms with Gasteiger partial charge in [-0.1, -0.05) is 29.3 Å². The highest BCUT2D eigenvalue weighted by Crippen LogP contribution is 2.28. The van der Waals surface area contributed by atoms with Crippen molar-refractivity contribution in [2.75, 3.05) is 0 Å². The van der Waals surface area contributed by atoms with Crippen molar-refractivity contribution >= 4 is 34.8 Å². The van der Waals surface area contributed by atoms with E-state index in [9.17, 15) is 4.79 Å². The van der Waals surface area contributed by atoms with Crippen LogP contribution in [0.25, 0.3) is 0 Å². The number of carbonyl (C=O) groups is 1. The Kier molecular flexibility index (Phi) is 5.96. The van der Waals surface area contributed by atoms with Crippen LogP contribution in [0.3, 0.4) is 0 Å². The first kappa shape index (κ1) is 17.2. The number of ether oxygens (including phenoxy) is 1. The van der Waals surface area contributed by atoms with Crippen molar-refractivity contribution in [3.05, 3.63) is 58.3 Å². The van der Waals surface area contributed by atoms with Crippen LogP contribution < -0.4 is 10.2 Å². The molecule has 5 nitrogen and oxygen atoms in total. The van der Waals surface area contributed by atoms with Crippen LogP contribution >= 0.6 is 23.2 Å². The third-order valence-corrected chi connectivity index (χ3v) is 3.51. The molecule has 1 heterocycles. The normalized spacial score (nSPS) is 12.6. The zero-order valence-corrected chi connectivity index (χ0v) is 14.1. The van der Waals surface area contributed by atoms with Crippen molar-refractivity contribution in [2.45, 2.75) is 20.0 Å². The molecule has 1 atom stereocenters. The van der Waals surface area contributed by atoms with Crippen molar-refractivity contribution in [2.24, 2.45) is 5.10 Å². The molecule has 0 spiro atoms. The second-order valence-corrected chi connectivity index (χ2v) is 5.59. The predicted octanol–water partition coefficient (Wildman–Crippen LogP) is 3.70. The van der Waals surface area contributed by atoms with E-state index in [1.807, 2.05) is 6.07 Å². The van der Waals surface area contributed by atoms with Gasteiger partial charge in [-0.3, -0.25) is 9.78 Å². The second kappa shape index (κ2) is 7.94. The number of rotatable bonds is 5. The maximum Gasteiger partial charge on any atom is 0.280 e. The summed E-state index contributed by atoms with van der Waals surface area (Å²) in [6, 6.07) is 8.44. The number of nitrogens with zero attached hydrogens (tertiary/aromatic N) is 2. The van der Waals surface area contributed by atoms with Gasteiger partial charge in [-0.2, -0.15) is 5.10 Å². The molecule has 1 aromatic carbocycles. The van der Waals surface area contributed by atoms with Crippen LogP contribution in [0.1, 0.15) is 19.4 Å². The number of hydrazone groups is 1. The highest BCUT2D eigenvalue weighted by atomic mass is 35.5. The lowest BCUT2D eigenvalue weighted by atomic mass is 10.2. The summed E-state index contributed by atoms with van der Waals surface area (Å²) in [5, 5.41) is 4.87. The molecule has 7 heteroatoms. The fourth-order valence-electron chi connectivity index (χ4n) is 1.69. The topological polar surface area (TPSA) is 63.6 Å². The zero-order valence-electron chi connectivity index (χ0n) is 12.6. The number of amides is 1. The van der Waals surface area contributed by atoms with E-state index < -0.39 is 6.10 Å². The highest BCUT2D eigenvalue weighted by Gasteiger charge is 2.16. The second-order valence-electron chi connectivity index (χ2n) is 4.75. The third kappa shape index (κ3) is 4.94. The van der Waals surface area contributed by atoms with Crippen molar-refractivity contribution in [1.29, 1.82) is 0 Å². The van der Waals surface area contributed by atoms with Crippen molar-refractivity contribution in [3.63, 3.8) is 0 Å². The van der Waals surface area contributed by atoms with Gasteiger partial charge in [-0.05, 0) is 38.1 Å². The van der Waals surface area contributed by atoms with Gasteiger partial charge in [0.2, 0.25) is 0 Å². The Morgan fingerprint density at radius 1 is 1.35 bits per heavy atom. The molecule has 23 heavy (non-hydrogen) atoms. The third-order valence-electron chi connectivity index (χ3n) is 2.98. The van der Waals surface area contributed by atoms with Gasteiger partial charge < -0.3 is 4.74 Å². The molecule has 0 aliphatic heterocycles. The molecule has 1 amide bonds. The Balaban J connectivity index is 1.97. The molecule has 0 radical (unpaired) electrons. The minimum absolute atomic E-state index is 0.340. The summed E-state index contributed by atoms with van der Waals surface area (Å²) >= 11 is 11.8. The number of hydrogen-bond acceptors (Lipinski definition) is 4. The van der Waals surface area contributed by atoms with Crippen LogP contribution in [0.2, 0.25) is 10.0 Å². The SMILES string of the molecule is C/C(=N/NC(=O)[C@@H](C)Oc1ccc(Cl)cc1Cl)c1cccnc1. The fourth-order valence-corrected chi connectivity index (χ4v) is 2.14. The zero-order chi connectivity index (χ0) is 16.8. The average Bonchev–Trinajstić information content (AvgIpc) is 2.55. The summed E-state index contributed by atoms with van der Waals surface area (Å²) in [6.45, 7) is 3.38. The van der Waals surface area contributed by atoms with Gasteiger partial charge in [0.1, 0.15) is 5.75 Å². The van der Waals surface area contributed by atoms with E-state index in [-0.39, 0.29) is 5.91 Å². The molecule has 1 N–H and O–H groups in total. The first-order valence-corrected chi connectivity index (χ1v) is 7.59. The fraction of sp³-hybridized carbons (Fsp3) is 0.188. The minimum Gasteiger partial charge on any atom is -0.479 e. The average molecular weight is 352 g/mol. The molecule has 0 unspecified atom stereocenters. The van der Waals surface area contributed by atoms with Gasteiger partial charge in [0, 0.05) is 23.0 Å². The van der Waals surface area contributed by atoms with E-state index in [4.69, 9.17) is 27.9 Å². The van der Waals surface area contributed by atoms with Gasteiger partial charge in [0.15, 0.2) is 6.10 Å². The van der Waals surface area contributed by atoms with Gasteiger partial charge in [0.05, 0.1) is 10.7 Å². The summed E-state index contributed by atoms with van der Waals surface area (Å²) in [6.07, 6.45) is 2.57. The van der Waals surface area contributed by atoms with Crippen LogP contribution in [0.4, 0.5) is 0 Å².